The van der Waals surface area contributed by atoms with Gasteiger partial charge in [-0.15, -0.1) is 0 Å². The first-order chi connectivity index (χ1) is 12.5. The van der Waals surface area contributed by atoms with E-state index in [4.69, 9.17) is 4.74 Å². The lowest BCUT2D eigenvalue weighted by molar-refractivity contribution is 0.343. The number of pyridine rings is 1. The molecule has 136 valence electrons. The summed E-state index contributed by atoms with van der Waals surface area (Å²) < 4.78 is 34.1. The van der Waals surface area contributed by atoms with Crippen LogP contribution in [0.1, 0.15) is 20.8 Å². The lowest BCUT2D eigenvalue weighted by atomic mass is 10.2. The van der Waals surface area contributed by atoms with E-state index in [1.807, 2.05) is 39.0 Å². The van der Waals surface area contributed by atoms with Gasteiger partial charge in [0.1, 0.15) is 11.3 Å². The third kappa shape index (κ3) is 3.24. The number of benzene rings is 2. The van der Waals surface area contributed by atoms with Crippen molar-refractivity contribution in [2.24, 2.45) is 0 Å². The van der Waals surface area contributed by atoms with Gasteiger partial charge in [-0.2, -0.15) is 0 Å². The normalized spacial score (nSPS) is 11.7. The smallest absolute Gasteiger partial charge is 0.265 e. The highest BCUT2D eigenvalue weighted by molar-refractivity contribution is 7.93. The Morgan fingerprint density at radius 2 is 1.77 bits per heavy atom. The molecule has 1 aromatic heterocycles. The van der Waals surface area contributed by atoms with Crippen LogP contribution < -0.4 is 9.04 Å². The summed E-state index contributed by atoms with van der Waals surface area (Å²) in [5.74, 6) is 0.581. The SMILES string of the molecule is CCOc1ccc(S(=O)(=O)N(c2ccccc2)C(C)C)c2cccnc12. The van der Waals surface area contributed by atoms with Gasteiger partial charge in [0.15, 0.2) is 0 Å². The van der Waals surface area contributed by atoms with Gasteiger partial charge in [0.2, 0.25) is 0 Å². The second kappa shape index (κ2) is 7.33. The minimum atomic E-state index is -3.77. The topological polar surface area (TPSA) is 59.5 Å². The van der Waals surface area contributed by atoms with Gasteiger partial charge in [0.25, 0.3) is 10.0 Å². The zero-order valence-corrected chi connectivity index (χ0v) is 15.9. The second-order valence-electron chi connectivity index (χ2n) is 6.12. The molecule has 1 heterocycles. The molecule has 0 radical (unpaired) electrons. The Bertz CT molecular complexity index is 1000. The molecule has 0 unspecified atom stereocenters. The Kier molecular flexibility index (Phi) is 5.13. The molecule has 0 fully saturated rings. The van der Waals surface area contributed by atoms with Crippen LogP contribution >= 0.6 is 0 Å². The lowest BCUT2D eigenvalue weighted by Gasteiger charge is -2.28. The first kappa shape index (κ1) is 18.2. The van der Waals surface area contributed by atoms with Crippen LogP contribution in [-0.2, 0) is 10.0 Å². The van der Waals surface area contributed by atoms with Gasteiger partial charge >= 0.3 is 0 Å². The van der Waals surface area contributed by atoms with Gasteiger partial charge in [-0.05, 0) is 57.2 Å². The molecule has 0 aliphatic carbocycles. The van der Waals surface area contributed by atoms with Crippen LogP contribution in [0.25, 0.3) is 10.9 Å². The third-order valence-corrected chi connectivity index (χ3v) is 6.07. The molecule has 6 heteroatoms. The van der Waals surface area contributed by atoms with Crippen molar-refractivity contribution < 1.29 is 13.2 Å². The maximum atomic E-state index is 13.5. The van der Waals surface area contributed by atoms with Crippen molar-refractivity contribution in [3.05, 3.63) is 60.8 Å². The standard InChI is InChI=1S/C20H22N2O3S/c1-4-25-18-12-13-19(17-11-8-14-21-20(17)18)26(23,24)22(15(2)3)16-9-6-5-7-10-16/h5-15H,4H2,1-3H3. The molecule has 2 aromatic carbocycles. The largest absolute Gasteiger partial charge is 0.492 e. The first-order valence-corrected chi connectivity index (χ1v) is 10.0. The highest BCUT2D eigenvalue weighted by Gasteiger charge is 2.29. The van der Waals surface area contributed by atoms with Crippen molar-refractivity contribution in [2.45, 2.75) is 31.7 Å². The lowest BCUT2D eigenvalue weighted by Crippen LogP contribution is -2.37. The number of hydrogen-bond donors (Lipinski definition) is 0. The second-order valence-corrected chi connectivity index (χ2v) is 7.91. The van der Waals surface area contributed by atoms with Gasteiger partial charge in [-0.3, -0.25) is 9.29 Å². The molecular formula is C20H22N2O3S. The van der Waals surface area contributed by atoms with E-state index >= 15 is 0 Å². The average molecular weight is 370 g/mol. The summed E-state index contributed by atoms with van der Waals surface area (Å²) in [6, 6.07) is 15.7. The summed E-state index contributed by atoms with van der Waals surface area (Å²) in [5, 5.41) is 0.556. The summed E-state index contributed by atoms with van der Waals surface area (Å²) in [7, 11) is -3.77. The van der Waals surface area contributed by atoms with Crippen LogP contribution in [0, 0.1) is 0 Å². The summed E-state index contributed by atoms with van der Waals surface area (Å²) >= 11 is 0. The van der Waals surface area contributed by atoms with Gasteiger partial charge < -0.3 is 4.74 Å². The van der Waals surface area contributed by atoms with Gasteiger partial charge in [-0.25, -0.2) is 8.42 Å². The van der Waals surface area contributed by atoms with E-state index in [1.54, 1.807) is 42.6 Å². The fraction of sp³-hybridized carbons (Fsp3) is 0.250. The number of sulfonamides is 1. The predicted octanol–water partition coefficient (Wildman–Crippen LogP) is 4.24. The molecule has 3 rings (SSSR count). The van der Waals surface area contributed by atoms with Crippen molar-refractivity contribution in [1.82, 2.24) is 4.98 Å². The molecule has 0 spiro atoms. The van der Waals surface area contributed by atoms with Crippen LogP contribution in [0.15, 0.2) is 65.7 Å². The Balaban J connectivity index is 2.22. The summed E-state index contributed by atoms with van der Waals surface area (Å²) in [5.41, 5.74) is 1.18. The van der Waals surface area contributed by atoms with Crippen LogP contribution in [0.5, 0.6) is 5.75 Å². The maximum absolute atomic E-state index is 13.5. The van der Waals surface area contributed by atoms with Gasteiger partial charge in [0.05, 0.1) is 17.2 Å². The van der Waals surface area contributed by atoms with E-state index in [0.29, 0.717) is 28.9 Å². The molecule has 0 aliphatic heterocycles. The quantitative estimate of drug-likeness (QED) is 0.651. The maximum Gasteiger partial charge on any atom is 0.265 e. The number of fused-ring (bicyclic) bond motifs is 1. The van der Waals surface area contributed by atoms with E-state index in [0.717, 1.165) is 0 Å². The van der Waals surface area contributed by atoms with Crippen LogP contribution in [0.3, 0.4) is 0 Å². The minimum Gasteiger partial charge on any atom is -0.492 e. The van der Waals surface area contributed by atoms with E-state index in [9.17, 15) is 8.42 Å². The molecule has 0 saturated carbocycles. The zero-order chi connectivity index (χ0) is 18.7. The van der Waals surface area contributed by atoms with Crippen LogP contribution in [0.4, 0.5) is 5.69 Å². The zero-order valence-electron chi connectivity index (χ0n) is 15.1. The fourth-order valence-corrected chi connectivity index (χ4v) is 4.86. The number of ether oxygens (including phenoxy) is 1. The van der Waals surface area contributed by atoms with Crippen LogP contribution in [-0.4, -0.2) is 26.1 Å². The number of aromatic nitrogens is 1. The summed E-state index contributed by atoms with van der Waals surface area (Å²) in [4.78, 5) is 4.57. The highest BCUT2D eigenvalue weighted by Crippen LogP contribution is 2.33. The van der Waals surface area contributed by atoms with E-state index < -0.39 is 10.0 Å². The Labute approximate surface area is 154 Å². The number of rotatable bonds is 6. The van der Waals surface area contributed by atoms with E-state index in [1.165, 1.54) is 4.31 Å². The number of anilines is 1. The van der Waals surface area contributed by atoms with E-state index in [2.05, 4.69) is 4.98 Å². The highest BCUT2D eigenvalue weighted by atomic mass is 32.2. The third-order valence-electron chi connectivity index (χ3n) is 4.01. The summed E-state index contributed by atoms with van der Waals surface area (Å²) in [6.45, 7) is 6.09. The molecule has 3 aromatic rings. The first-order valence-electron chi connectivity index (χ1n) is 8.56. The molecule has 0 aliphatic rings. The van der Waals surface area contributed by atoms with Crippen molar-refractivity contribution in [3.63, 3.8) is 0 Å². The minimum absolute atomic E-state index is 0.224. The monoisotopic (exact) mass is 370 g/mol. The molecular weight excluding hydrogens is 348 g/mol. The van der Waals surface area contributed by atoms with Crippen LogP contribution in [0.2, 0.25) is 0 Å². The van der Waals surface area contributed by atoms with E-state index in [-0.39, 0.29) is 10.9 Å². The molecule has 26 heavy (non-hydrogen) atoms. The molecule has 0 amide bonds. The van der Waals surface area contributed by atoms with Crippen molar-refractivity contribution >= 4 is 26.6 Å². The molecule has 0 bridgehead atoms. The predicted molar refractivity (Wildman–Crippen MR) is 104 cm³/mol. The number of nitrogens with zero attached hydrogens (tertiary/aromatic N) is 2. The Hall–Kier alpha value is -2.60. The Morgan fingerprint density at radius 3 is 2.42 bits per heavy atom. The summed E-state index contributed by atoms with van der Waals surface area (Å²) in [6.07, 6.45) is 1.64. The van der Waals surface area contributed by atoms with Crippen molar-refractivity contribution in [3.8, 4) is 5.75 Å². The molecule has 5 nitrogen and oxygen atoms in total. The van der Waals surface area contributed by atoms with Gasteiger partial charge in [-0.1, -0.05) is 18.2 Å². The average Bonchev–Trinajstić information content (AvgIpc) is 2.62. The number of hydrogen-bond acceptors (Lipinski definition) is 4. The molecule has 0 N–H and O–H groups in total. The van der Waals surface area contributed by atoms with Crippen molar-refractivity contribution in [1.29, 1.82) is 0 Å². The fourth-order valence-electron chi connectivity index (χ4n) is 3.01. The number of para-hydroxylation sites is 1. The van der Waals surface area contributed by atoms with Crippen molar-refractivity contribution in [2.75, 3.05) is 10.9 Å². The molecule has 0 atom stereocenters. The Morgan fingerprint density at radius 1 is 1.04 bits per heavy atom. The molecule has 0 saturated heterocycles. The van der Waals surface area contributed by atoms with Gasteiger partial charge in [0, 0.05) is 17.6 Å².